The van der Waals surface area contributed by atoms with Crippen LogP contribution in [-0.4, -0.2) is 54.9 Å². The van der Waals surface area contributed by atoms with Gasteiger partial charge in [-0.25, -0.2) is 17.8 Å². The highest BCUT2D eigenvalue weighted by molar-refractivity contribution is 7.88. The van der Waals surface area contributed by atoms with E-state index in [4.69, 9.17) is 14.2 Å². The van der Waals surface area contributed by atoms with Crippen LogP contribution < -0.4 is 9.46 Å². The zero-order valence-corrected chi connectivity index (χ0v) is 18.1. The fraction of sp³-hybridized carbons (Fsp3) is 0.364. The van der Waals surface area contributed by atoms with Gasteiger partial charge in [0, 0.05) is 0 Å². The summed E-state index contributed by atoms with van der Waals surface area (Å²) in [5, 5.41) is 8.40. The molecular weight excluding hydrogens is 432 g/mol. The molecule has 0 aliphatic carbocycles. The van der Waals surface area contributed by atoms with Crippen molar-refractivity contribution in [3.63, 3.8) is 0 Å². The van der Waals surface area contributed by atoms with Gasteiger partial charge in [-0.15, -0.1) is 5.10 Å². The van der Waals surface area contributed by atoms with Crippen molar-refractivity contribution in [2.24, 2.45) is 0 Å². The fourth-order valence-corrected chi connectivity index (χ4v) is 5.47. The first kappa shape index (κ1) is 21.1. The van der Waals surface area contributed by atoms with Gasteiger partial charge in [0.15, 0.2) is 0 Å². The van der Waals surface area contributed by atoms with Crippen molar-refractivity contribution in [3.05, 3.63) is 78.1 Å². The minimum atomic E-state index is -3.53. The zero-order chi connectivity index (χ0) is 22.0. The number of hydrogen-bond acceptors (Lipinski definition) is 7. The van der Waals surface area contributed by atoms with Gasteiger partial charge < -0.3 is 14.2 Å². The average Bonchev–Trinajstić information content (AvgIpc) is 3.51. The zero-order valence-electron chi connectivity index (χ0n) is 17.3. The largest absolute Gasteiger partial charge is 0.487 e. The van der Waals surface area contributed by atoms with Gasteiger partial charge in [0.25, 0.3) is 0 Å². The summed E-state index contributed by atoms with van der Waals surface area (Å²) in [5.74, 6) is 0.676. The Balaban J connectivity index is 1.19. The molecule has 2 aliphatic rings. The molecular formula is C22H24N4O5S. The number of ether oxygens (including phenoxy) is 3. The van der Waals surface area contributed by atoms with Crippen molar-refractivity contribution < 1.29 is 22.6 Å². The van der Waals surface area contributed by atoms with Gasteiger partial charge >= 0.3 is 0 Å². The number of aromatic nitrogens is 3. The molecule has 0 amide bonds. The molecule has 2 saturated heterocycles. The van der Waals surface area contributed by atoms with Gasteiger partial charge in [-0.2, -0.15) is 0 Å². The van der Waals surface area contributed by atoms with E-state index in [-0.39, 0.29) is 30.6 Å². The molecule has 32 heavy (non-hydrogen) atoms. The highest BCUT2D eigenvalue weighted by Gasteiger charge is 2.49. The molecule has 3 heterocycles. The van der Waals surface area contributed by atoms with Crippen LogP contribution in [0.1, 0.15) is 17.3 Å². The summed E-state index contributed by atoms with van der Waals surface area (Å²) in [5.41, 5.74) is 1.42. The molecule has 2 fully saturated rings. The third-order valence-corrected chi connectivity index (χ3v) is 6.96. The smallest absolute Gasteiger partial charge is 0.216 e. The lowest BCUT2D eigenvalue weighted by Gasteiger charge is -2.18. The second kappa shape index (κ2) is 8.99. The molecule has 0 unspecified atom stereocenters. The Bertz CT molecular complexity index is 1140. The van der Waals surface area contributed by atoms with Crippen LogP contribution in [0.5, 0.6) is 5.75 Å². The van der Waals surface area contributed by atoms with Crippen LogP contribution >= 0.6 is 0 Å². The molecule has 0 spiro atoms. The molecule has 3 aromatic rings. The van der Waals surface area contributed by atoms with Gasteiger partial charge in [0.2, 0.25) is 10.0 Å². The summed E-state index contributed by atoms with van der Waals surface area (Å²) in [4.78, 5) is 0. The van der Waals surface area contributed by atoms with Crippen LogP contribution in [0.25, 0.3) is 0 Å². The van der Waals surface area contributed by atoms with E-state index in [2.05, 4.69) is 15.0 Å². The molecule has 4 atom stereocenters. The van der Waals surface area contributed by atoms with E-state index in [0.717, 1.165) is 11.3 Å². The lowest BCUT2D eigenvalue weighted by Crippen LogP contribution is -2.44. The van der Waals surface area contributed by atoms with Gasteiger partial charge in [-0.05, 0) is 17.7 Å². The van der Waals surface area contributed by atoms with Gasteiger partial charge in [-0.3, -0.25) is 0 Å². The predicted octanol–water partition coefficient (Wildman–Crippen LogP) is 1.68. The maximum absolute atomic E-state index is 12.6. The molecule has 168 valence electrons. The van der Waals surface area contributed by atoms with Crippen LogP contribution in [0.15, 0.2) is 66.9 Å². The summed E-state index contributed by atoms with van der Waals surface area (Å²) in [6.07, 6.45) is 1.14. The number of sulfonamides is 1. The Labute approximate surface area is 186 Å². The Hall–Kier alpha value is -2.79. The number of para-hydroxylation sites is 1. The van der Waals surface area contributed by atoms with Crippen molar-refractivity contribution in [2.75, 3.05) is 13.2 Å². The van der Waals surface area contributed by atoms with Crippen LogP contribution in [0.4, 0.5) is 0 Å². The summed E-state index contributed by atoms with van der Waals surface area (Å²) in [7, 11) is -3.53. The van der Waals surface area contributed by atoms with Crippen molar-refractivity contribution in [1.82, 2.24) is 19.7 Å². The van der Waals surface area contributed by atoms with Crippen LogP contribution in [0.3, 0.4) is 0 Å². The maximum atomic E-state index is 12.6. The molecule has 1 N–H and O–H groups in total. The Morgan fingerprint density at radius 1 is 1.00 bits per heavy atom. The lowest BCUT2D eigenvalue weighted by molar-refractivity contribution is 0.0624. The molecule has 9 nitrogen and oxygen atoms in total. The first-order valence-corrected chi connectivity index (χ1v) is 12.1. The highest BCUT2D eigenvalue weighted by Crippen LogP contribution is 2.34. The van der Waals surface area contributed by atoms with E-state index in [1.807, 2.05) is 54.7 Å². The van der Waals surface area contributed by atoms with Crippen molar-refractivity contribution in [1.29, 1.82) is 0 Å². The van der Waals surface area contributed by atoms with Crippen molar-refractivity contribution in [2.45, 2.75) is 36.7 Å². The molecule has 5 rings (SSSR count). The summed E-state index contributed by atoms with van der Waals surface area (Å²) < 4.78 is 47.3. The van der Waals surface area contributed by atoms with E-state index in [0.29, 0.717) is 18.9 Å². The number of nitrogens with one attached hydrogen (secondary N) is 1. The first-order valence-electron chi connectivity index (χ1n) is 10.4. The van der Waals surface area contributed by atoms with E-state index >= 15 is 0 Å². The van der Waals surface area contributed by atoms with Crippen molar-refractivity contribution in [3.8, 4) is 5.75 Å². The predicted molar refractivity (Wildman–Crippen MR) is 115 cm³/mol. The Morgan fingerprint density at radius 2 is 1.72 bits per heavy atom. The second-order valence-electron chi connectivity index (χ2n) is 7.92. The Morgan fingerprint density at radius 3 is 2.50 bits per heavy atom. The van der Waals surface area contributed by atoms with Crippen LogP contribution in [0, 0.1) is 0 Å². The standard InChI is InChI=1S/C22H24N4O5S/c27-32(28,15-16-7-3-1-4-8-16)24-19-13-30-22-20(14-31-21(19)22)26-11-17(23-25-26)12-29-18-9-5-2-6-10-18/h1-11,19-22,24H,12-15H2/t19-,20-,21+,22+/m0/s1. The minimum Gasteiger partial charge on any atom is -0.487 e. The van der Waals surface area contributed by atoms with Crippen molar-refractivity contribution >= 4 is 10.0 Å². The van der Waals surface area contributed by atoms with Crippen LogP contribution in [0.2, 0.25) is 0 Å². The number of rotatable bonds is 8. The number of fused-ring (bicyclic) bond motifs is 1. The number of nitrogens with zero attached hydrogens (tertiary/aromatic N) is 3. The third kappa shape index (κ3) is 4.68. The van der Waals surface area contributed by atoms with E-state index in [1.54, 1.807) is 16.8 Å². The first-order chi connectivity index (χ1) is 15.6. The van der Waals surface area contributed by atoms with E-state index in [1.165, 1.54) is 0 Å². The normalized spacial score (nSPS) is 25.0. The SMILES string of the molecule is O=S(=O)(Cc1ccccc1)N[C@H]1CO[C@H]2[C@@H]1OC[C@@H]2n1cc(COc2ccccc2)nn1. The molecule has 10 heteroatoms. The second-order valence-corrected chi connectivity index (χ2v) is 9.68. The monoisotopic (exact) mass is 456 g/mol. The quantitative estimate of drug-likeness (QED) is 0.550. The van der Waals surface area contributed by atoms with Crippen LogP contribution in [-0.2, 0) is 31.9 Å². The van der Waals surface area contributed by atoms with Gasteiger partial charge in [-0.1, -0.05) is 53.7 Å². The molecule has 1 aromatic heterocycles. The summed E-state index contributed by atoms with van der Waals surface area (Å²) in [6, 6.07) is 18.0. The van der Waals surface area contributed by atoms with Gasteiger partial charge in [0.05, 0.1) is 31.2 Å². The lowest BCUT2D eigenvalue weighted by atomic mass is 10.1. The number of benzene rings is 2. The molecule has 0 saturated carbocycles. The average molecular weight is 457 g/mol. The van der Waals surface area contributed by atoms with E-state index < -0.39 is 16.1 Å². The minimum absolute atomic E-state index is 0.0843. The summed E-state index contributed by atoms with van der Waals surface area (Å²) in [6.45, 7) is 0.918. The molecule has 2 aliphatic heterocycles. The fourth-order valence-electron chi connectivity index (χ4n) is 4.09. The third-order valence-electron chi connectivity index (χ3n) is 5.59. The number of hydrogen-bond donors (Lipinski definition) is 1. The Kier molecular flexibility index (Phi) is 5.92. The summed E-state index contributed by atoms with van der Waals surface area (Å²) >= 11 is 0. The molecule has 0 bridgehead atoms. The molecule has 0 radical (unpaired) electrons. The van der Waals surface area contributed by atoms with Gasteiger partial charge in [0.1, 0.15) is 36.3 Å². The maximum Gasteiger partial charge on any atom is 0.216 e. The van der Waals surface area contributed by atoms with E-state index in [9.17, 15) is 8.42 Å². The highest BCUT2D eigenvalue weighted by atomic mass is 32.2. The topological polar surface area (TPSA) is 105 Å². The molecule has 2 aromatic carbocycles.